The predicted octanol–water partition coefficient (Wildman–Crippen LogP) is 0.613. The SMILES string of the molecule is CN(C)c1ccc(CN2C[C@H](N)C[C@H](N)C2)cc1. The fourth-order valence-electron chi connectivity index (χ4n) is 2.56. The van der Waals surface area contributed by atoms with Crippen molar-refractivity contribution >= 4 is 5.69 Å². The van der Waals surface area contributed by atoms with Gasteiger partial charge in [0.2, 0.25) is 0 Å². The van der Waals surface area contributed by atoms with E-state index in [0.717, 1.165) is 26.1 Å². The van der Waals surface area contributed by atoms with Gasteiger partial charge in [0.25, 0.3) is 0 Å². The lowest BCUT2D eigenvalue weighted by molar-refractivity contribution is 0.183. The summed E-state index contributed by atoms with van der Waals surface area (Å²) in [6, 6.07) is 9.10. The number of benzene rings is 1. The van der Waals surface area contributed by atoms with Gasteiger partial charge in [0.1, 0.15) is 0 Å². The van der Waals surface area contributed by atoms with Gasteiger partial charge in [0, 0.05) is 51.5 Å². The van der Waals surface area contributed by atoms with Crippen LogP contribution in [0.25, 0.3) is 0 Å². The normalized spacial score (nSPS) is 25.1. The summed E-state index contributed by atoms with van der Waals surface area (Å²) < 4.78 is 0. The minimum Gasteiger partial charge on any atom is -0.378 e. The number of nitrogens with zero attached hydrogens (tertiary/aromatic N) is 2. The zero-order valence-electron chi connectivity index (χ0n) is 11.3. The van der Waals surface area contributed by atoms with Crippen LogP contribution >= 0.6 is 0 Å². The third-order valence-electron chi connectivity index (χ3n) is 3.45. The maximum atomic E-state index is 6.00. The molecule has 1 heterocycles. The van der Waals surface area contributed by atoms with E-state index in [4.69, 9.17) is 11.5 Å². The number of nitrogens with two attached hydrogens (primary N) is 2. The average molecular weight is 248 g/mol. The molecule has 0 unspecified atom stereocenters. The summed E-state index contributed by atoms with van der Waals surface area (Å²) in [5.74, 6) is 0. The first-order valence-electron chi connectivity index (χ1n) is 6.54. The van der Waals surface area contributed by atoms with E-state index in [9.17, 15) is 0 Å². The first-order chi connectivity index (χ1) is 8.54. The van der Waals surface area contributed by atoms with Crippen LogP contribution in [0.5, 0.6) is 0 Å². The van der Waals surface area contributed by atoms with Crippen LogP contribution in [0.3, 0.4) is 0 Å². The van der Waals surface area contributed by atoms with Crippen molar-refractivity contribution in [1.82, 2.24) is 4.90 Å². The Morgan fingerprint density at radius 3 is 2.17 bits per heavy atom. The standard InChI is InChI=1S/C14H24N4/c1-17(2)14-5-3-11(4-6-14)8-18-9-12(15)7-13(16)10-18/h3-6,12-13H,7-10,15-16H2,1-2H3/t12-,13+. The van der Waals surface area contributed by atoms with Gasteiger partial charge in [-0.15, -0.1) is 0 Å². The first kappa shape index (κ1) is 13.3. The summed E-state index contributed by atoms with van der Waals surface area (Å²) in [4.78, 5) is 4.46. The Hall–Kier alpha value is -1.10. The third-order valence-corrected chi connectivity index (χ3v) is 3.45. The third kappa shape index (κ3) is 3.45. The Labute approximate surface area is 110 Å². The molecule has 1 aromatic rings. The molecule has 1 aliphatic heterocycles. The van der Waals surface area contributed by atoms with Crippen LogP contribution in [0.1, 0.15) is 12.0 Å². The molecule has 4 N–H and O–H groups in total. The molecular weight excluding hydrogens is 224 g/mol. The van der Waals surface area contributed by atoms with E-state index in [1.54, 1.807) is 0 Å². The molecular formula is C14H24N4. The lowest BCUT2D eigenvalue weighted by Gasteiger charge is -2.34. The molecule has 0 amide bonds. The van der Waals surface area contributed by atoms with Gasteiger partial charge in [-0.2, -0.15) is 0 Å². The second kappa shape index (κ2) is 5.69. The van der Waals surface area contributed by atoms with Crippen molar-refractivity contribution in [2.75, 3.05) is 32.1 Å². The van der Waals surface area contributed by atoms with Crippen molar-refractivity contribution < 1.29 is 0 Å². The maximum Gasteiger partial charge on any atom is 0.0361 e. The van der Waals surface area contributed by atoms with Crippen LogP contribution in [0.4, 0.5) is 5.69 Å². The quantitative estimate of drug-likeness (QED) is 0.823. The van der Waals surface area contributed by atoms with Crippen LogP contribution < -0.4 is 16.4 Å². The number of piperidine rings is 1. The zero-order chi connectivity index (χ0) is 13.1. The van der Waals surface area contributed by atoms with Gasteiger partial charge in [-0.05, 0) is 24.1 Å². The number of rotatable bonds is 3. The molecule has 1 fully saturated rings. The van der Waals surface area contributed by atoms with Gasteiger partial charge >= 0.3 is 0 Å². The molecule has 1 aromatic carbocycles. The molecule has 4 heteroatoms. The van der Waals surface area contributed by atoms with Crippen molar-refractivity contribution in [3.05, 3.63) is 29.8 Å². The van der Waals surface area contributed by atoms with Crippen molar-refractivity contribution in [3.63, 3.8) is 0 Å². The molecule has 0 aliphatic carbocycles. The Morgan fingerprint density at radius 1 is 1.11 bits per heavy atom. The Kier molecular flexibility index (Phi) is 4.22. The first-order valence-corrected chi connectivity index (χ1v) is 6.54. The van der Waals surface area contributed by atoms with E-state index in [-0.39, 0.29) is 12.1 Å². The van der Waals surface area contributed by atoms with Crippen LogP contribution in [-0.2, 0) is 6.54 Å². The Bertz CT molecular complexity index is 364. The molecule has 1 aliphatic rings. The van der Waals surface area contributed by atoms with Gasteiger partial charge in [-0.1, -0.05) is 12.1 Å². The van der Waals surface area contributed by atoms with Crippen molar-refractivity contribution in [3.8, 4) is 0 Å². The van der Waals surface area contributed by atoms with Crippen molar-refractivity contribution in [2.45, 2.75) is 25.0 Å². The summed E-state index contributed by atoms with van der Waals surface area (Å²) in [5.41, 5.74) is 14.6. The van der Waals surface area contributed by atoms with Crippen molar-refractivity contribution in [1.29, 1.82) is 0 Å². The molecule has 0 saturated carbocycles. The molecule has 100 valence electrons. The summed E-state index contributed by atoms with van der Waals surface area (Å²) in [7, 11) is 4.11. The lowest BCUT2D eigenvalue weighted by Crippen LogP contribution is -2.51. The van der Waals surface area contributed by atoms with Crippen LogP contribution in [0.2, 0.25) is 0 Å². The molecule has 0 radical (unpaired) electrons. The maximum absolute atomic E-state index is 6.00. The van der Waals surface area contributed by atoms with Gasteiger partial charge in [-0.3, -0.25) is 4.90 Å². The van der Waals surface area contributed by atoms with Crippen LogP contribution in [-0.4, -0.2) is 44.2 Å². The number of hydrogen-bond donors (Lipinski definition) is 2. The molecule has 2 atom stereocenters. The minimum absolute atomic E-state index is 0.217. The lowest BCUT2D eigenvalue weighted by atomic mass is 10.0. The largest absolute Gasteiger partial charge is 0.378 e. The highest BCUT2D eigenvalue weighted by Gasteiger charge is 2.22. The van der Waals surface area contributed by atoms with Crippen LogP contribution in [0, 0.1) is 0 Å². The summed E-state index contributed by atoms with van der Waals surface area (Å²) in [5, 5.41) is 0. The average Bonchev–Trinajstić information content (AvgIpc) is 2.28. The predicted molar refractivity (Wildman–Crippen MR) is 76.6 cm³/mol. The molecule has 2 rings (SSSR count). The van der Waals surface area contributed by atoms with Crippen LogP contribution in [0.15, 0.2) is 24.3 Å². The smallest absolute Gasteiger partial charge is 0.0361 e. The van der Waals surface area contributed by atoms with E-state index in [2.05, 4.69) is 48.2 Å². The van der Waals surface area contributed by atoms with Crippen molar-refractivity contribution in [2.24, 2.45) is 11.5 Å². The molecule has 4 nitrogen and oxygen atoms in total. The summed E-state index contributed by atoms with van der Waals surface area (Å²) in [6.45, 7) is 2.83. The van der Waals surface area contributed by atoms with E-state index in [1.807, 2.05) is 0 Å². The highest BCUT2D eigenvalue weighted by molar-refractivity contribution is 5.45. The second-order valence-corrected chi connectivity index (χ2v) is 5.51. The zero-order valence-corrected chi connectivity index (χ0v) is 11.3. The summed E-state index contributed by atoms with van der Waals surface area (Å²) >= 11 is 0. The monoisotopic (exact) mass is 248 g/mol. The Morgan fingerprint density at radius 2 is 1.67 bits per heavy atom. The van der Waals surface area contributed by atoms with E-state index in [0.29, 0.717) is 0 Å². The number of hydrogen-bond acceptors (Lipinski definition) is 4. The fourth-order valence-corrected chi connectivity index (χ4v) is 2.56. The molecule has 1 saturated heterocycles. The molecule has 18 heavy (non-hydrogen) atoms. The topological polar surface area (TPSA) is 58.5 Å². The van der Waals surface area contributed by atoms with Gasteiger partial charge in [-0.25, -0.2) is 0 Å². The van der Waals surface area contributed by atoms with E-state index >= 15 is 0 Å². The van der Waals surface area contributed by atoms with E-state index < -0.39 is 0 Å². The fraction of sp³-hybridized carbons (Fsp3) is 0.571. The molecule has 0 aromatic heterocycles. The number of likely N-dealkylation sites (tertiary alicyclic amines) is 1. The molecule has 0 spiro atoms. The summed E-state index contributed by atoms with van der Waals surface area (Å²) in [6.07, 6.45) is 0.941. The van der Waals surface area contributed by atoms with Gasteiger partial charge < -0.3 is 16.4 Å². The Balaban J connectivity index is 1.96. The van der Waals surface area contributed by atoms with E-state index in [1.165, 1.54) is 11.3 Å². The number of anilines is 1. The van der Waals surface area contributed by atoms with Gasteiger partial charge in [0.05, 0.1) is 0 Å². The molecule has 0 bridgehead atoms. The highest BCUT2D eigenvalue weighted by atomic mass is 15.2. The second-order valence-electron chi connectivity index (χ2n) is 5.51. The highest BCUT2D eigenvalue weighted by Crippen LogP contribution is 2.16. The minimum atomic E-state index is 0.217. The van der Waals surface area contributed by atoms with Gasteiger partial charge in [0.15, 0.2) is 0 Å².